The van der Waals surface area contributed by atoms with Gasteiger partial charge in [0.15, 0.2) is 0 Å². The van der Waals surface area contributed by atoms with E-state index in [0.717, 1.165) is 44.7 Å². The zero-order valence-electron chi connectivity index (χ0n) is 19.4. The summed E-state index contributed by atoms with van der Waals surface area (Å²) in [5, 5.41) is 2.94. The van der Waals surface area contributed by atoms with Gasteiger partial charge in [0.2, 0.25) is 11.8 Å². The zero-order chi connectivity index (χ0) is 22.3. The van der Waals surface area contributed by atoms with Crippen LogP contribution >= 0.6 is 0 Å². The van der Waals surface area contributed by atoms with E-state index < -0.39 is 0 Å². The van der Waals surface area contributed by atoms with Gasteiger partial charge in [-0.05, 0) is 50.0 Å². The van der Waals surface area contributed by atoms with Crippen LogP contribution in [-0.2, 0) is 16.0 Å². The predicted octanol–water partition coefficient (Wildman–Crippen LogP) is 2.57. The van der Waals surface area contributed by atoms with E-state index in [9.17, 15) is 9.59 Å². The van der Waals surface area contributed by atoms with Gasteiger partial charge in [-0.25, -0.2) is 0 Å². The summed E-state index contributed by atoms with van der Waals surface area (Å²) in [6, 6.07) is 10.5. The molecule has 3 fully saturated rings. The minimum atomic E-state index is -0.356. The number of benzene rings is 1. The highest BCUT2D eigenvalue weighted by Gasteiger charge is 2.45. The summed E-state index contributed by atoms with van der Waals surface area (Å²) in [5.41, 5.74) is 6.95. The van der Waals surface area contributed by atoms with E-state index in [1.54, 1.807) is 0 Å². The molecule has 2 atom stereocenters. The summed E-state index contributed by atoms with van der Waals surface area (Å²) in [4.78, 5) is 30.5. The molecule has 3 N–H and O–H groups in total. The summed E-state index contributed by atoms with van der Waals surface area (Å²) in [6.07, 6.45) is 10.3. The third-order valence-corrected chi connectivity index (χ3v) is 7.50. The first-order valence-corrected chi connectivity index (χ1v) is 12.7. The van der Waals surface area contributed by atoms with Gasteiger partial charge in [0.1, 0.15) is 6.04 Å². The average Bonchev–Trinajstić information content (AvgIpc) is 3.59. The highest BCUT2D eigenvalue weighted by atomic mass is 16.2. The molecule has 3 aliphatic rings. The first kappa shape index (κ1) is 23.2. The topological polar surface area (TPSA) is 78.7 Å². The van der Waals surface area contributed by atoms with Gasteiger partial charge in [-0.3, -0.25) is 14.5 Å². The first-order chi connectivity index (χ1) is 15.7. The lowest BCUT2D eigenvalue weighted by Crippen LogP contribution is -2.47. The van der Waals surface area contributed by atoms with Crippen LogP contribution < -0.4 is 11.1 Å². The number of rotatable bonds is 10. The molecule has 1 aliphatic heterocycles. The number of amides is 2. The minimum Gasteiger partial charge on any atom is -0.353 e. The molecule has 0 radical (unpaired) electrons. The summed E-state index contributed by atoms with van der Waals surface area (Å²) < 4.78 is 0. The van der Waals surface area contributed by atoms with Gasteiger partial charge < -0.3 is 16.0 Å². The number of likely N-dealkylation sites (tertiary alicyclic amines) is 1. The van der Waals surface area contributed by atoms with Gasteiger partial charge >= 0.3 is 0 Å². The molecule has 32 heavy (non-hydrogen) atoms. The average molecular weight is 441 g/mol. The number of nitrogens with two attached hydrogens (primary N) is 1. The smallest absolute Gasteiger partial charge is 0.242 e. The second-order valence-electron chi connectivity index (χ2n) is 9.98. The van der Waals surface area contributed by atoms with Crippen LogP contribution in [0.25, 0.3) is 0 Å². The number of carbonyl (C=O) groups excluding carboxylic acids is 2. The second-order valence-corrected chi connectivity index (χ2v) is 9.98. The van der Waals surface area contributed by atoms with Crippen molar-refractivity contribution in [1.82, 2.24) is 15.1 Å². The van der Waals surface area contributed by atoms with E-state index >= 15 is 0 Å². The molecule has 6 nitrogen and oxygen atoms in total. The van der Waals surface area contributed by atoms with E-state index in [-0.39, 0.29) is 29.8 Å². The van der Waals surface area contributed by atoms with Crippen molar-refractivity contribution in [2.75, 3.05) is 32.7 Å². The highest BCUT2D eigenvalue weighted by molar-refractivity contribution is 5.90. The van der Waals surface area contributed by atoms with Crippen molar-refractivity contribution < 1.29 is 9.59 Å². The molecule has 2 aliphatic carbocycles. The van der Waals surface area contributed by atoms with Gasteiger partial charge in [-0.2, -0.15) is 0 Å². The highest BCUT2D eigenvalue weighted by Crippen LogP contribution is 2.35. The lowest BCUT2D eigenvalue weighted by molar-refractivity contribution is -0.139. The third-order valence-electron chi connectivity index (χ3n) is 7.50. The van der Waals surface area contributed by atoms with Crippen LogP contribution in [-0.4, -0.2) is 66.4 Å². The zero-order valence-corrected chi connectivity index (χ0v) is 19.4. The molecule has 0 aromatic heterocycles. The van der Waals surface area contributed by atoms with Crippen molar-refractivity contribution in [3.63, 3.8) is 0 Å². The maximum absolute atomic E-state index is 13.0. The quantitative estimate of drug-likeness (QED) is 0.586. The SMILES string of the molecule is NCCNC(=O)C1CC(N(CCc2ccccc2)CC2CCCCC2)CN1C(=O)C1CC1. The Kier molecular flexibility index (Phi) is 8.20. The Morgan fingerprint density at radius 2 is 1.81 bits per heavy atom. The molecule has 4 rings (SSSR count). The Morgan fingerprint density at radius 1 is 1.06 bits per heavy atom. The molecule has 176 valence electrons. The Labute approximate surface area is 192 Å². The fourth-order valence-corrected chi connectivity index (χ4v) is 5.49. The van der Waals surface area contributed by atoms with Crippen LogP contribution in [0, 0.1) is 11.8 Å². The van der Waals surface area contributed by atoms with Gasteiger partial charge in [0, 0.05) is 44.7 Å². The molecule has 2 amide bonds. The third kappa shape index (κ3) is 6.10. The number of carbonyl (C=O) groups is 2. The molecule has 1 aromatic rings. The largest absolute Gasteiger partial charge is 0.353 e. The fourth-order valence-electron chi connectivity index (χ4n) is 5.49. The molecule has 6 heteroatoms. The van der Waals surface area contributed by atoms with E-state index in [4.69, 9.17) is 5.73 Å². The molecule has 0 spiro atoms. The molecule has 2 saturated carbocycles. The Hall–Kier alpha value is -1.92. The number of hydrogen-bond donors (Lipinski definition) is 2. The van der Waals surface area contributed by atoms with Crippen LogP contribution in [0.3, 0.4) is 0 Å². The van der Waals surface area contributed by atoms with Crippen LogP contribution in [0.15, 0.2) is 30.3 Å². The van der Waals surface area contributed by atoms with Crippen molar-refractivity contribution >= 4 is 11.8 Å². The van der Waals surface area contributed by atoms with Crippen molar-refractivity contribution in [2.45, 2.75) is 69.9 Å². The Bertz CT molecular complexity index is 745. The van der Waals surface area contributed by atoms with Crippen LogP contribution in [0.5, 0.6) is 0 Å². The lowest BCUT2D eigenvalue weighted by atomic mass is 9.88. The summed E-state index contributed by atoms with van der Waals surface area (Å²) in [7, 11) is 0. The lowest BCUT2D eigenvalue weighted by Gasteiger charge is -2.34. The fraction of sp³-hybridized carbons (Fsp3) is 0.692. The van der Waals surface area contributed by atoms with Gasteiger partial charge in [-0.15, -0.1) is 0 Å². The Balaban J connectivity index is 1.47. The molecular weight excluding hydrogens is 400 g/mol. The maximum atomic E-state index is 13.0. The van der Waals surface area contributed by atoms with Crippen molar-refractivity contribution in [3.05, 3.63) is 35.9 Å². The van der Waals surface area contributed by atoms with E-state index in [1.807, 2.05) is 4.90 Å². The van der Waals surface area contributed by atoms with Crippen LogP contribution in [0.2, 0.25) is 0 Å². The normalized spacial score (nSPS) is 24.1. The molecular formula is C26H40N4O2. The first-order valence-electron chi connectivity index (χ1n) is 12.7. The summed E-state index contributed by atoms with van der Waals surface area (Å²) in [6.45, 7) is 3.63. The number of nitrogens with zero attached hydrogens (tertiary/aromatic N) is 2. The van der Waals surface area contributed by atoms with Crippen molar-refractivity contribution in [2.24, 2.45) is 17.6 Å². The maximum Gasteiger partial charge on any atom is 0.242 e. The minimum absolute atomic E-state index is 0.0346. The van der Waals surface area contributed by atoms with E-state index in [0.29, 0.717) is 19.6 Å². The number of hydrogen-bond acceptors (Lipinski definition) is 4. The van der Waals surface area contributed by atoms with Gasteiger partial charge in [0.05, 0.1) is 0 Å². The predicted molar refractivity (Wildman–Crippen MR) is 127 cm³/mol. The molecule has 2 unspecified atom stereocenters. The molecule has 1 aromatic carbocycles. The van der Waals surface area contributed by atoms with E-state index in [1.165, 1.54) is 37.7 Å². The standard InChI is InChI=1S/C26H40N4O2/c27-14-15-28-25(31)24-17-23(19-30(24)26(32)22-11-12-22)29(18-21-9-5-2-6-10-21)16-13-20-7-3-1-4-8-20/h1,3-4,7-8,21-24H,2,5-6,9-19,27H2,(H,28,31). The summed E-state index contributed by atoms with van der Waals surface area (Å²) >= 11 is 0. The monoisotopic (exact) mass is 440 g/mol. The number of nitrogens with one attached hydrogen (secondary N) is 1. The van der Waals surface area contributed by atoms with Gasteiger partial charge in [0.25, 0.3) is 0 Å². The second kappa shape index (κ2) is 11.3. The van der Waals surface area contributed by atoms with Crippen LogP contribution in [0.4, 0.5) is 0 Å². The van der Waals surface area contributed by atoms with Crippen molar-refractivity contribution in [1.29, 1.82) is 0 Å². The molecule has 0 bridgehead atoms. The molecule has 1 heterocycles. The summed E-state index contributed by atoms with van der Waals surface area (Å²) in [5.74, 6) is 1.01. The van der Waals surface area contributed by atoms with Gasteiger partial charge in [-0.1, -0.05) is 49.6 Å². The molecule has 1 saturated heterocycles. The van der Waals surface area contributed by atoms with E-state index in [2.05, 4.69) is 40.5 Å². The Morgan fingerprint density at radius 3 is 2.50 bits per heavy atom. The van der Waals surface area contributed by atoms with Crippen LogP contribution in [0.1, 0.15) is 56.9 Å². The van der Waals surface area contributed by atoms with Crippen molar-refractivity contribution in [3.8, 4) is 0 Å².